The Labute approximate surface area is 233 Å². The van der Waals surface area contributed by atoms with Crippen LogP contribution in [-0.4, -0.2) is 30.4 Å². The normalized spacial score (nSPS) is 15.5. The van der Waals surface area contributed by atoms with Gasteiger partial charge >= 0.3 is 5.97 Å². The van der Waals surface area contributed by atoms with Gasteiger partial charge in [0.25, 0.3) is 5.56 Å². The van der Waals surface area contributed by atoms with E-state index in [1.54, 1.807) is 25.5 Å². The van der Waals surface area contributed by atoms with Gasteiger partial charge in [0.1, 0.15) is 0 Å². The van der Waals surface area contributed by atoms with Crippen molar-refractivity contribution in [2.75, 3.05) is 13.7 Å². The third kappa shape index (κ3) is 5.52. The van der Waals surface area contributed by atoms with Crippen molar-refractivity contribution in [2.45, 2.75) is 46.8 Å². The molecule has 1 aromatic heterocycles. The molecule has 0 bridgehead atoms. The lowest BCUT2D eigenvalue weighted by atomic mass is 9.95. The summed E-state index contributed by atoms with van der Waals surface area (Å²) in [5, 5.41) is 0. The molecule has 4 rings (SSSR count). The summed E-state index contributed by atoms with van der Waals surface area (Å²) in [6.07, 6.45) is 1.82. The third-order valence-corrected chi connectivity index (χ3v) is 7.60. The van der Waals surface area contributed by atoms with Crippen LogP contribution in [0.1, 0.15) is 50.4 Å². The molecule has 7 nitrogen and oxygen atoms in total. The smallest absolute Gasteiger partial charge is 0.338 e. The fourth-order valence-electron chi connectivity index (χ4n) is 4.18. The maximum atomic E-state index is 13.8. The summed E-state index contributed by atoms with van der Waals surface area (Å²) >= 11 is 3.50. The Hall–Kier alpha value is -2.92. The van der Waals surface area contributed by atoms with Gasteiger partial charge in [-0.3, -0.25) is 9.36 Å². The lowest BCUT2D eigenvalue weighted by molar-refractivity contribution is -0.139. The number of thiazole rings is 1. The van der Waals surface area contributed by atoms with E-state index in [1.165, 1.54) is 11.3 Å². The van der Waals surface area contributed by atoms with E-state index in [0.29, 0.717) is 32.1 Å². The Kier molecular flexibility index (Phi) is 8.23. The highest BCUT2D eigenvalue weighted by Gasteiger charge is 2.33. The van der Waals surface area contributed by atoms with E-state index < -0.39 is 12.0 Å². The lowest BCUT2D eigenvalue weighted by Gasteiger charge is -2.24. The van der Waals surface area contributed by atoms with Crippen LogP contribution in [0, 0.1) is 10.5 Å². The van der Waals surface area contributed by atoms with E-state index >= 15 is 0 Å². The minimum atomic E-state index is -0.630. The van der Waals surface area contributed by atoms with Crippen molar-refractivity contribution in [1.82, 2.24) is 4.57 Å². The largest absolute Gasteiger partial charge is 0.493 e. The average molecular weight is 633 g/mol. The lowest BCUT2D eigenvalue weighted by Crippen LogP contribution is -2.39. The molecule has 2 heterocycles. The highest BCUT2D eigenvalue weighted by molar-refractivity contribution is 14.1. The summed E-state index contributed by atoms with van der Waals surface area (Å²) in [6, 6.07) is 11.0. The van der Waals surface area contributed by atoms with Crippen LogP contribution in [0.2, 0.25) is 0 Å². The van der Waals surface area contributed by atoms with Crippen molar-refractivity contribution in [1.29, 1.82) is 0 Å². The van der Waals surface area contributed by atoms with E-state index in [-0.39, 0.29) is 18.3 Å². The van der Waals surface area contributed by atoms with Gasteiger partial charge in [0.05, 0.1) is 45.2 Å². The molecule has 0 unspecified atom stereocenters. The van der Waals surface area contributed by atoms with Gasteiger partial charge < -0.3 is 14.2 Å². The van der Waals surface area contributed by atoms with Crippen molar-refractivity contribution in [3.05, 3.63) is 87.6 Å². The molecule has 0 spiro atoms. The highest BCUT2D eigenvalue weighted by atomic mass is 127. The van der Waals surface area contributed by atoms with Gasteiger partial charge in [0, 0.05) is 0 Å². The second kappa shape index (κ2) is 11.2. The second-order valence-corrected chi connectivity index (χ2v) is 11.1. The number of nitrogens with zero attached hydrogens (tertiary/aromatic N) is 2. The summed E-state index contributed by atoms with van der Waals surface area (Å²) in [4.78, 5) is 32.0. The van der Waals surface area contributed by atoms with E-state index in [0.717, 1.165) is 20.3 Å². The Morgan fingerprint density at radius 2 is 1.92 bits per heavy atom. The van der Waals surface area contributed by atoms with Gasteiger partial charge in [-0.1, -0.05) is 41.2 Å². The van der Waals surface area contributed by atoms with Crippen molar-refractivity contribution in [3.8, 4) is 11.5 Å². The third-order valence-electron chi connectivity index (χ3n) is 5.81. The molecule has 0 N–H and O–H groups in total. The zero-order chi connectivity index (χ0) is 26.9. The van der Waals surface area contributed by atoms with Crippen molar-refractivity contribution < 1.29 is 19.0 Å². The predicted octanol–water partition coefficient (Wildman–Crippen LogP) is 4.51. The first-order chi connectivity index (χ1) is 17.6. The molecule has 2 aromatic carbocycles. The van der Waals surface area contributed by atoms with E-state index in [1.807, 2.05) is 63.2 Å². The number of hydrogen-bond acceptors (Lipinski definition) is 7. The zero-order valence-electron chi connectivity index (χ0n) is 21.6. The number of benzene rings is 2. The van der Waals surface area contributed by atoms with Gasteiger partial charge in [0.2, 0.25) is 0 Å². The van der Waals surface area contributed by atoms with E-state index in [2.05, 4.69) is 27.6 Å². The molecule has 1 atom stereocenters. The molecule has 0 radical (unpaired) electrons. The van der Waals surface area contributed by atoms with E-state index in [4.69, 9.17) is 14.2 Å². The van der Waals surface area contributed by atoms with Gasteiger partial charge in [-0.15, -0.1) is 0 Å². The summed E-state index contributed by atoms with van der Waals surface area (Å²) in [5.41, 5.74) is 3.40. The SMILES string of the molecule is CCOC(=O)C1=C(C)N=c2s/c(=C\c3cc(I)c(OC(C)C)c(OC)c3)c(=O)n2[C@H]1c1ccc(C)cc1. The molecule has 1 aliphatic heterocycles. The Bertz CT molecular complexity index is 1550. The van der Waals surface area contributed by atoms with Crippen LogP contribution in [0.4, 0.5) is 0 Å². The molecule has 194 valence electrons. The summed E-state index contributed by atoms with van der Waals surface area (Å²) in [7, 11) is 1.59. The van der Waals surface area contributed by atoms with Crippen molar-refractivity contribution in [2.24, 2.45) is 4.99 Å². The molecule has 0 saturated carbocycles. The number of halogens is 1. The number of ether oxygens (including phenoxy) is 3. The van der Waals surface area contributed by atoms with Gasteiger partial charge in [-0.25, -0.2) is 9.79 Å². The molecule has 0 saturated heterocycles. The van der Waals surface area contributed by atoms with Crippen LogP contribution in [0.5, 0.6) is 11.5 Å². The number of rotatable bonds is 7. The van der Waals surface area contributed by atoms with Crippen LogP contribution in [0.3, 0.4) is 0 Å². The second-order valence-electron chi connectivity index (χ2n) is 8.91. The van der Waals surface area contributed by atoms with Crippen LogP contribution < -0.4 is 24.4 Å². The average Bonchev–Trinajstić information content (AvgIpc) is 3.14. The molecule has 0 fully saturated rings. The van der Waals surface area contributed by atoms with Crippen molar-refractivity contribution in [3.63, 3.8) is 0 Å². The van der Waals surface area contributed by atoms with Crippen LogP contribution in [0.25, 0.3) is 6.08 Å². The molecular formula is C28H29IN2O5S. The Morgan fingerprint density at radius 3 is 2.54 bits per heavy atom. The molecular weight excluding hydrogens is 603 g/mol. The fraction of sp³-hybridized carbons (Fsp3) is 0.321. The number of carbonyl (C=O) groups excluding carboxylic acids is 1. The number of aryl methyl sites for hydroxylation is 1. The van der Waals surface area contributed by atoms with Gasteiger partial charge in [-0.05, 0) is 86.5 Å². The Balaban J connectivity index is 1.91. The number of esters is 1. The van der Waals surface area contributed by atoms with Crippen LogP contribution >= 0.6 is 33.9 Å². The highest BCUT2D eigenvalue weighted by Crippen LogP contribution is 2.35. The van der Waals surface area contributed by atoms with E-state index in [9.17, 15) is 9.59 Å². The first-order valence-electron chi connectivity index (χ1n) is 11.9. The summed E-state index contributed by atoms with van der Waals surface area (Å²) in [5.74, 6) is 0.798. The number of methoxy groups -OCH3 is 1. The quantitative estimate of drug-likeness (QED) is 0.283. The first kappa shape index (κ1) is 27.1. The maximum Gasteiger partial charge on any atom is 0.338 e. The number of hydrogen-bond donors (Lipinski definition) is 0. The van der Waals surface area contributed by atoms with Crippen LogP contribution in [-0.2, 0) is 9.53 Å². The fourth-order valence-corrected chi connectivity index (χ4v) is 5.98. The maximum absolute atomic E-state index is 13.8. The number of allylic oxidation sites excluding steroid dienone is 1. The molecule has 9 heteroatoms. The monoisotopic (exact) mass is 632 g/mol. The number of fused-ring (bicyclic) bond motifs is 1. The molecule has 37 heavy (non-hydrogen) atoms. The summed E-state index contributed by atoms with van der Waals surface area (Å²) in [6.45, 7) is 9.69. The van der Waals surface area contributed by atoms with Crippen LogP contribution in [0.15, 0.2) is 57.5 Å². The Morgan fingerprint density at radius 1 is 1.22 bits per heavy atom. The topological polar surface area (TPSA) is 79.1 Å². The summed E-state index contributed by atoms with van der Waals surface area (Å²) < 4.78 is 19.8. The van der Waals surface area contributed by atoms with Gasteiger partial charge in [-0.2, -0.15) is 0 Å². The molecule has 3 aromatic rings. The minimum absolute atomic E-state index is 0.00411. The standard InChI is InChI=1S/C28H29IN2O5S/c1-7-35-27(33)23-17(5)30-28-31(24(23)19-10-8-16(4)9-11-19)26(32)22(37-28)14-18-12-20(29)25(36-15(2)3)21(13-18)34-6/h8-15,24H,7H2,1-6H3/b22-14-/t24-/m0/s1. The molecule has 1 aliphatic rings. The minimum Gasteiger partial charge on any atom is -0.493 e. The van der Waals surface area contributed by atoms with Gasteiger partial charge in [0.15, 0.2) is 16.3 Å². The number of aromatic nitrogens is 1. The zero-order valence-corrected chi connectivity index (χ0v) is 24.6. The predicted molar refractivity (Wildman–Crippen MR) is 153 cm³/mol. The first-order valence-corrected chi connectivity index (χ1v) is 13.8. The molecule has 0 amide bonds. The number of carbonyl (C=O) groups is 1. The molecule has 0 aliphatic carbocycles. The van der Waals surface area contributed by atoms with Crippen molar-refractivity contribution >= 4 is 46.0 Å².